The number of carbonyl (C=O) groups excluding carboxylic acids is 2. The van der Waals surface area contributed by atoms with Crippen molar-refractivity contribution in [2.75, 3.05) is 18.5 Å². The van der Waals surface area contributed by atoms with Gasteiger partial charge in [0.05, 0.1) is 21.2 Å². The summed E-state index contributed by atoms with van der Waals surface area (Å²) in [5, 5.41) is 4.91. The zero-order chi connectivity index (χ0) is 18.8. The Morgan fingerprint density at radius 3 is 2.37 bits per heavy atom. The average molecular weight is 400 g/mol. The molecule has 7 heteroatoms. The van der Waals surface area contributed by atoms with Crippen molar-refractivity contribution in [3.05, 3.63) is 74.9 Å². The van der Waals surface area contributed by atoms with E-state index in [0.29, 0.717) is 45.9 Å². The van der Waals surface area contributed by atoms with Crippen LogP contribution in [0.2, 0.25) is 5.02 Å². The minimum absolute atomic E-state index is 0.191. The molecule has 1 aromatic heterocycles. The van der Waals surface area contributed by atoms with Gasteiger partial charge in [0.2, 0.25) is 5.78 Å². The normalized spacial score (nSPS) is 12.5. The first-order valence-corrected chi connectivity index (χ1v) is 9.47. The lowest BCUT2D eigenvalue weighted by molar-refractivity contribution is 0.0997. The molecule has 0 aliphatic carbocycles. The van der Waals surface area contributed by atoms with Gasteiger partial charge in [-0.05, 0) is 17.5 Å². The van der Waals surface area contributed by atoms with Gasteiger partial charge in [0.1, 0.15) is 13.2 Å². The van der Waals surface area contributed by atoms with Crippen LogP contribution >= 0.6 is 22.9 Å². The molecule has 4 rings (SSSR count). The number of rotatable bonds is 4. The first-order chi connectivity index (χ1) is 13.1. The quantitative estimate of drug-likeness (QED) is 0.648. The average Bonchev–Trinajstić information content (AvgIpc) is 3.23. The van der Waals surface area contributed by atoms with Crippen LogP contribution in [0.25, 0.3) is 0 Å². The number of carbonyl (C=O) groups is 2. The van der Waals surface area contributed by atoms with Crippen molar-refractivity contribution in [3.8, 4) is 11.5 Å². The zero-order valence-electron chi connectivity index (χ0n) is 14.0. The van der Waals surface area contributed by atoms with Crippen LogP contribution in [0.3, 0.4) is 0 Å². The van der Waals surface area contributed by atoms with Gasteiger partial charge in [0.25, 0.3) is 5.91 Å². The van der Waals surface area contributed by atoms with Crippen LogP contribution in [-0.4, -0.2) is 24.9 Å². The van der Waals surface area contributed by atoms with Gasteiger partial charge in [-0.25, -0.2) is 0 Å². The molecule has 1 N–H and O–H groups in total. The van der Waals surface area contributed by atoms with Crippen LogP contribution in [0.4, 0.5) is 5.69 Å². The molecule has 2 aromatic carbocycles. The van der Waals surface area contributed by atoms with Gasteiger partial charge in [-0.3, -0.25) is 9.59 Å². The maximum absolute atomic E-state index is 12.8. The summed E-state index contributed by atoms with van der Waals surface area (Å²) in [7, 11) is 0. The first kappa shape index (κ1) is 17.6. The molecule has 27 heavy (non-hydrogen) atoms. The molecule has 0 atom stereocenters. The van der Waals surface area contributed by atoms with E-state index in [9.17, 15) is 9.59 Å². The fourth-order valence-electron chi connectivity index (χ4n) is 2.77. The van der Waals surface area contributed by atoms with E-state index < -0.39 is 5.91 Å². The smallest absolute Gasteiger partial charge is 0.256 e. The molecule has 0 radical (unpaired) electrons. The highest BCUT2D eigenvalue weighted by atomic mass is 35.5. The summed E-state index contributed by atoms with van der Waals surface area (Å²) in [5.41, 5.74) is 1.01. The van der Waals surface area contributed by atoms with E-state index in [1.807, 2.05) is 5.38 Å². The number of hydrogen-bond donors (Lipinski definition) is 1. The molecular formula is C20H14ClNO4S. The molecule has 1 aliphatic heterocycles. The summed E-state index contributed by atoms with van der Waals surface area (Å²) < 4.78 is 11.0. The standard InChI is InChI=1S/C20H14ClNO4S/c21-14-10-16-17(26-8-7-25-16)11-15(14)22-20(24)13-5-2-1-4-12(13)19(23)18-6-3-9-27-18/h1-6,9-11H,7-8H2,(H,22,24). The monoisotopic (exact) mass is 399 g/mol. The topological polar surface area (TPSA) is 64.6 Å². The number of halogens is 1. The number of hydrogen-bond acceptors (Lipinski definition) is 5. The van der Waals surface area contributed by atoms with E-state index in [0.717, 1.165) is 0 Å². The summed E-state index contributed by atoms with van der Waals surface area (Å²) >= 11 is 7.60. The van der Waals surface area contributed by atoms with Crippen LogP contribution < -0.4 is 14.8 Å². The van der Waals surface area contributed by atoms with Crippen LogP contribution in [0.5, 0.6) is 11.5 Å². The van der Waals surface area contributed by atoms with Gasteiger partial charge in [-0.15, -0.1) is 11.3 Å². The van der Waals surface area contributed by atoms with E-state index in [1.54, 1.807) is 48.5 Å². The molecule has 136 valence electrons. The number of ether oxygens (including phenoxy) is 2. The molecule has 1 aliphatic rings. The molecule has 0 unspecified atom stereocenters. The van der Waals surface area contributed by atoms with E-state index in [1.165, 1.54) is 11.3 Å². The van der Waals surface area contributed by atoms with Gasteiger partial charge in [0, 0.05) is 17.7 Å². The number of ketones is 1. The van der Waals surface area contributed by atoms with E-state index in [2.05, 4.69) is 5.32 Å². The van der Waals surface area contributed by atoms with Crippen LogP contribution in [0.1, 0.15) is 25.6 Å². The third kappa shape index (κ3) is 3.54. The summed E-state index contributed by atoms with van der Waals surface area (Å²) in [6.07, 6.45) is 0. The van der Waals surface area contributed by atoms with E-state index in [-0.39, 0.29) is 11.3 Å². The van der Waals surface area contributed by atoms with Crippen molar-refractivity contribution in [2.24, 2.45) is 0 Å². The minimum atomic E-state index is -0.422. The number of nitrogens with one attached hydrogen (secondary N) is 1. The summed E-state index contributed by atoms with van der Waals surface area (Å²) in [5.74, 6) is 0.444. The molecule has 1 amide bonds. The molecule has 0 bridgehead atoms. The second-order valence-electron chi connectivity index (χ2n) is 5.78. The molecule has 2 heterocycles. The van der Waals surface area contributed by atoms with Crippen LogP contribution in [-0.2, 0) is 0 Å². The third-order valence-electron chi connectivity index (χ3n) is 4.04. The lowest BCUT2D eigenvalue weighted by atomic mass is 10.0. The molecule has 0 fully saturated rings. The van der Waals surface area contributed by atoms with Crippen molar-refractivity contribution in [1.82, 2.24) is 0 Å². The highest BCUT2D eigenvalue weighted by molar-refractivity contribution is 7.12. The van der Waals surface area contributed by atoms with Crippen LogP contribution in [0, 0.1) is 0 Å². The van der Waals surface area contributed by atoms with E-state index >= 15 is 0 Å². The maximum atomic E-state index is 12.8. The van der Waals surface area contributed by atoms with Crippen molar-refractivity contribution < 1.29 is 19.1 Å². The summed E-state index contributed by atoms with van der Waals surface area (Å²) in [4.78, 5) is 26.1. The second-order valence-corrected chi connectivity index (χ2v) is 7.14. The van der Waals surface area contributed by atoms with E-state index in [4.69, 9.17) is 21.1 Å². The minimum Gasteiger partial charge on any atom is -0.486 e. The zero-order valence-corrected chi connectivity index (χ0v) is 15.6. The Balaban J connectivity index is 1.64. The third-order valence-corrected chi connectivity index (χ3v) is 5.22. The van der Waals surface area contributed by atoms with Gasteiger partial charge >= 0.3 is 0 Å². The highest BCUT2D eigenvalue weighted by Crippen LogP contribution is 2.38. The fourth-order valence-corrected chi connectivity index (χ4v) is 3.65. The van der Waals surface area contributed by atoms with Crippen molar-refractivity contribution in [2.45, 2.75) is 0 Å². The molecule has 0 spiro atoms. The Hall–Kier alpha value is -2.83. The lowest BCUT2D eigenvalue weighted by Gasteiger charge is -2.20. The number of anilines is 1. The van der Waals surface area contributed by atoms with Gasteiger partial charge in [-0.2, -0.15) is 0 Å². The van der Waals surface area contributed by atoms with Gasteiger partial charge in [0.15, 0.2) is 11.5 Å². The van der Waals surface area contributed by atoms with Gasteiger partial charge in [-0.1, -0.05) is 35.9 Å². The molecule has 5 nitrogen and oxygen atoms in total. The Labute approximate surface area is 164 Å². The molecule has 0 saturated carbocycles. The highest BCUT2D eigenvalue weighted by Gasteiger charge is 2.21. The number of amides is 1. The SMILES string of the molecule is O=C(Nc1cc2c(cc1Cl)OCCO2)c1ccccc1C(=O)c1cccs1. The van der Waals surface area contributed by atoms with Crippen LogP contribution in [0.15, 0.2) is 53.9 Å². The Morgan fingerprint density at radius 2 is 1.67 bits per heavy atom. The maximum Gasteiger partial charge on any atom is 0.256 e. The molecule has 0 saturated heterocycles. The largest absolute Gasteiger partial charge is 0.486 e. The Kier molecular flexibility index (Phi) is 4.83. The fraction of sp³-hybridized carbons (Fsp3) is 0.100. The molecular weight excluding hydrogens is 386 g/mol. The predicted molar refractivity (Wildman–Crippen MR) is 105 cm³/mol. The summed E-state index contributed by atoms with van der Waals surface area (Å²) in [6.45, 7) is 0.882. The Morgan fingerprint density at radius 1 is 0.963 bits per heavy atom. The predicted octanol–water partition coefficient (Wildman–Crippen LogP) is 4.66. The van der Waals surface area contributed by atoms with Crippen molar-refractivity contribution in [3.63, 3.8) is 0 Å². The number of benzene rings is 2. The Bertz CT molecular complexity index is 1020. The van der Waals surface area contributed by atoms with Gasteiger partial charge < -0.3 is 14.8 Å². The first-order valence-electron chi connectivity index (χ1n) is 8.21. The molecule has 3 aromatic rings. The van der Waals surface area contributed by atoms with Crippen molar-refractivity contribution >= 4 is 40.3 Å². The summed E-state index contributed by atoms with van der Waals surface area (Å²) in [6, 6.07) is 13.5. The number of fused-ring (bicyclic) bond motifs is 1. The van der Waals surface area contributed by atoms with Crippen molar-refractivity contribution in [1.29, 1.82) is 0 Å². The number of thiophene rings is 1. The lowest BCUT2D eigenvalue weighted by Crippen LogP contribution is -2.18. The second kappa shape index (κ2) is 7.42.